The number of halogens is 4. The summed E-state index contributed by atoms with van der Waals surface area (Å²) in [4.78, 5) is 16.4. The van der Waals surface area contributed by atoms with Crippen LogP contribution in [-0.2, 0) is 6.18 Å². The van der Waals surface area contributed by atoms with Gasteiger partial charge < -0.3 is 0 Å². The van der Waals surface area contributed by atoms with Gasteiger partial charge in [0.1, 0.15) is 0 Å². The molecule has 0 spiro atoms. The maximum Gasteiger partial charge on any atom is 0.417 e. The van der Waals surface area contributed by atoms with E-state index in [9.17, 15) is 18.0 Å². The van der Waals surface area contributed by atoms with Crippen LogP contribution < -0.4 is 0 Å². The molecule has 1 unspecified atom stereocenters. The minimum Gasteiger partial charge on any atom is -0.292 e. The minimum absolute atomic E-state index is 0.126. The van der Waals surface area contributed by atoms with Gasteiger partial charge in [-0.15, -0.1) is 11.3 Å². The van der Waals surface area contributed by atoms with Crippen molar-refractivity contribution in [2.24, 2.45) is 0 Å². The first kappa shape index (κ1) is 16.3. The number of aromatic nitrogens is 1. The normalized spacial score (nSPS) is 13.2. The van der Waals surface area contributed by atoms with Crippen molar-refractivity contribution in [2.45, 2.75) is 23.4 Å². The zero-order valence-corrected chi connectivity index (χ0v) is 13.0. The fraction of sp³-hybridized carbons (Fsp3) is 0.231. The highest BCUT2D eigenvalue weighted by Crippen LogP contribution is 2.31. The van der Waals surface area contributed by atoms with Gasteiger partial charge in [-0.05, 0) is 31.2 Å². The molecule has 0 bridgehead atoms. The first-order valence-electron chi connectivity index (χ1n) is 5.77. The third-order valence-corrected chi connectivity index (χ3v) is 4.84. The van der Waals surface area contributed by atoms with E-state index >= 15 is 0 Å². The molecule has 8 heteroatoms. The molecular weight excluding hydrogens is 343 g/mol. The average Bonchev–Trinajstić information content (AvgIpc) is 2.84. The van der Waals surface area contributed by atoms with Crippen LogP contribution in [0.4, 0.5) is 13.2 Å². The van der Waals surface area contributed by atoms with Gasteiger partial charge in [-0.2, -0.15) is 13.2 Å². The molecule has 0 fully saturated rings. The second kappa shape index (κ2) is 6.37. The van der Waals surface area contributed by atoms with E-state index in [0.29, 0.717) is 14.2 Å². The van der Waals surface area contributed by atoms with Crippen molar-refractivity contribution in [3.63, 3.8) is 0 Å². The number of thiophene rings is 1. The Hall–Kier alpha value is -1.05. The average molecular weight is 352 g/mol. The Morgan fingerprint density at radius 1 is 1.33 bits per heavy atom. The lowest BCUT2D eigenvalue weighted by atomic mass is 10.2. The summed E-state index contributed by atoms with van der Waals surface area (Å²) >= 11 is 8.05. The summed E-state index contributed by atoms with van der Waals surface area (Å²) in [5, 5.41) is -0.0875. The Morgan fingerprint density at radius 3 is 2.52 bits per heavy atom. The smallest absolute Gasteiger partial charge is 0.292 e. The Kier molecular flexibility index (Phi) is 4.95. The van der Waals surface area contributed by atoms with Crippen LogP contribution in [0.1, 0.15) is 22.2 Å². The van der Waals surface area contributed by atoms with Crippen LogP contribution in [0.2, 0.25) is 4.34 Å². The Morgan fingerprint density at radius 2 is 2.05 bits per heavy atom. The van der Waals surface area contributed by atoms with Crippen LogP contribution in [0.3, 0.4) is 0 Å². The highest BCUT2D eigenvalue weighted by molar-refractivity contribution is 8.00. The Balaban J connectivity index is 2.06. The van der Waals surface area contributed by atoms with E-state index in [1.54, 1.807) is 19.1 Å². The molecule has 0 saturated carbocycles. The van der Waals surface area contributed by atoms with E-state index in [2.05, 4.69) is 4.98 Å². The van der Waals surface area contributed by atoms with Gasteiger partial charge in [0.25, 0.3) is 0 Å². The molecule has 2 aromatic heterocycles. The monoisotopic (exact) mass is 351 g/mol. The molecule has 0 amide bonds. The summed E-state index contributed by atoms with van der Waals surface area (Å²) in [6.45, 7) is 1.68. The van der Waals surface area contributed by atoms with Crippen molar-refractivity contribution in [1.82, 2.24) is 4.98 Å². The van der Waals surface area contributed by atoms with E-state index in [4.69, 9.17) is 11.6 Å². The van der Waals surface area contributed by atoms with Crippen molar-refractivity contribution >= 4 is 40.5 Å². The van der Waals surface area contributed by atoms with Crippen molar-refractivity contribution < 1.29 is 18.0 Å². The SMILES string of the molecule is CC(Sc1ccc(C(F)(F)F)cn1)C(=O)c1ccc(Cl)s1. The lowest BCUT2D eigenvalue weighted by Crippen LogP contribution is -2.12. The number of nitrogens with zero attached hydrogens (tertiary/aromatic N) is 1. The fourth-order valence-electron chi connectivity index (χ4n) is 1.50. The lowest BCUT2D eigenvalue weighted by Gasteiger charge is -2.10. The number of Topliss-reactive ketones (excluding diaryl/α,β-unsaturated/α-hetero) is 1. The predicted octanol–water partition coefficient (Wildman–Crippen LogP) is 5.18. The van der Waals surface area contributed by atoms with Crippen molar-refractivity contribution in [3.05, 3.63) is 45.2 Å². The number of hydrogen-bond donors (Lipinski definition) is 0. The number of carbonyl (C=O) groups excluding carboxylic acids is 1. The van der Waals surface area contributed by atoms with Gasteiger partial charge in [-0.25, -0.2) is 4.98 Å². The Labute approximate surface area is 132 Å². The van der Waals surface area contributed by atoms with Gasteiger partial charge in [0.05, 0.1) is 25.1 Å². The van der Waals surface area contributed by atoms with Crippen molar-refractivity contribution in [2.75, 3.05) is 0 Å². The molecule has 0 aliphatic heterocycles. The molecule has 2 aromatic rings. The second-order valence-electron chi connectivity index (χ2n) is 4.11. The highest BCUT2D eigenvalue weighted by atomic mass is 35.5. The van der Waals surface area contributed by atoms with Crippen molar-refractivity contribution in [3.8, 4) is 0 Å². The van der Waals surface area contributed by atoms with E-state index in [-0.39, 0.29) is 5.78 Å². The molecule has 2 heterocycles. The fourth-order valence-corrected chi connectivity index (χ4v) is 3.50. The molecule has 0 aliphatic rings. The van der Waals surface area contributed by atoms with Crippen LogP contribution >= 0.6 is 34.7 Å². The second-order valence-corrected chi connectivity index (χ2v) is 7.19. The zero-order chi connectivity index (χ0) is 15.6. The molecule has 2 nitrogen and oxygen atoms in total. The van der Waals surface area contributed by atoms with Crippen LogP contribution in [-0.4, -0.2) is 16.0 Å². The molecule has 0 radical (unpaired) electrons. The van der Waals surface area contributed by atoms with Gasteiger partial charge in [-0.1, -0.05) is 23.4 Å². The highest BCUT2D eigenvalue weighted by Gasteiger charge is 2.30. The number of rotatable bonds is 4. The number of pyridine rings is 1. The van der Waals surface area contributed by atoms with E-state index < -0.39 is 17.0 Å². The molecule has 0 aliphatic carbocycles. The number of ketones is 1. The first-order valence-corrected chi connectivity index (χ1v) is 7.84. The molecule has 0 aromatic carbocycles. The van der Waals surface area contributed by atoms with E-state index in [0.717, 1.165) is 24.0 Å². The predicted molar refractivity (Wildman–Crippen MR) is 78.2 cm³/mol. The molecule has 0 saturated heterocycles. The van der Waals surface area contributed by atoms with Gasteiger partial charge in [0.15, 0.2) is 5.78 Å². The van der Waals surface area contributed by atoms with Crippen molar-refractivity contribution in [1.29, 1.82) is 0 Å². The van der Waals surface area contributed by atoms with Gasteiger partial charge >= 0.3 is 6.18 Å². The van der Waals surface area contributed by atoms with Crippen LogP contribution in [0.5, 0.6) is 0 Å². The summed E-state index contributed by atoms with van der Waals surface area (Å²) in [7, 11) is 0. The summed E-state index contributed by atoms with van der Waals surface area (Å²) in [5.41, 5.74) is -0.809. The Bertz CT molecular complexity index is 640. The van der Waals surface area contributed by atoms with E-state index in [1.165, 1.54) is 17.4 Å². The standard InChI is InChI=1S/C13H9ClF3NOS2/c1-7(12(19)9-3-4-10(14)21-9)20-11-5-2-8(6-18-11)13(15,16)17/h2-7H,1H3. The molecule has 21 heavy (non-hydrogen) atoms. The van der Waals surface area contributed by atoms with Crippen LogP contribution in [0.25, 0.3) is 0 Å². The summed E-state index contributed by atoms with van der Waals surface area (Å²) < 4.78 is 37.8. The topological polar surface area (TPSA) is 30.0 Å². The molecule has 2 rings (SSSR count). The largest absolute Gasteiger partial charge is 0.417 e. The summed E-state index contributed by atoms with van der Waals surface area (Å²) in [6, 6.07) is 5.48. The number of thioether (sulfide) groups is 1. The molecular formula is C13H9ClF3NOS2. The third kappa shape index (κ3) is 4.21. The molecule has 112 valence electrons. The van der Waals surface area contributed by atoms with Gasteiger partial charge in [0.2, 0.25) is 0 Å². The number of carbonyl (C=O) groups is 1. The quantitative estimate of drug-likeness (QED) is 0.561. The van der Waals surface area contributed by atoms with Crippen LogP contribution in [0.15, 0.2) is 35.5 Å². The number of alkyl halides is 3. The van der Waals surface area contributed by atoms with Crippen LogP contribution in [0, 0.1) is 0 Å². The summed E-state index contributed by atoms with van der Waals surface area (Å²) in [6.07, 6.45) is -3.65. The lowest BCUT2D eigenvalue weighted by molar-refractivity contribution is -0.137. The first-order chi connectivity index (χ1) is 9.77. The maximum atomic E-state index is 12.4. The van der Waals surface area contributed by atoms with E-state index in [1.807, 2.05) is 0 Å². The number of hydrogen-bond acceptors (Lipinski definition) is 4. The third-order valence-electron chi connectivity index (χ3n) is 2.55. The maximum absolute atomic E-state index is 12.4. The van der Waals surface area contributed by atoms with Gasteiger partial charge in [-0.3, -0.25) is 4.79 Å². The molecule has 0 N–H and O–H groups in total. The van der Waals surface area contributed by atoms with Gasteiger partial charge in [0, 0.05) is 6.20 Å². The summed E-state index contributed by atoms with van der Waals surface area (Å²) in [5.74, 6) is -0.126. The molecule has 1 atom stereocenters. The zero-order valence-electron chi connectivity index (χ0n) is 10.6. The minimum atomic E-state index is -4.41.